The summed E-state index contributed by atoms with van der Waals surface area (Å²) < 4.78 is 5.24. The van der Waals surface area contributed by atoms with Crippen LogP contribution in [-0.4, -0.2) is 13.0 Å². The minimum Gasteiger partial charge on any atom is -0.494 e. The van der Waals surface area contributed by atoms with Crippen molar-refractivity contribution >= 4 is 28.7 Å². The summed E-state index contributed by atoms with van der Waals surface area (Å²) in [6.45, 7) is 5.32. The topological polar surface area (TPSA) is 89.1 Å². The number of methoxy groups -OCH3 is 1. The van der Waals surface area contributed by atoms with E-state index in [1.165, 1.54) is 6.92 Å². The number of carbonyl (C=O) groups excluding carboxylic acids is 1. The lowest BCUT2D eigenvalue weighted by Crippen LogP contribution is -2.08. The molecular weight excluding hydrogens is 292 g/mol. The molecule has 0 bridgehead atoms. The zero-order valence-electron chi connectivity index (χ0n) is 13.7. The maximum Gasteiger partial charge on any atom is 0.221 e. The molecule has 0 aliphatic rings. The SMILES string of the molecule is COc1cc(N)ccc1/N=N/c1cc(C)c(NC(C)=O)c(C)c1. The first-order valence-electron chi connectivity index (χ1n) is 7.15. The maximum absolute atomic E-state index is 11.2. The molecule has 120 valence electrons. The van der Waals surface area contributed by atoms with Crippen molar-refractivity contribution in [2.45, 2.75) is 20.8 Å². The average molecular weight is 312 g/mol. The third-order valence-electron chi connectivity index (χ3n) is 3.30. The fourth-order valence-corrected chi connectivity index (χ4v) is 2.26. The number of ether oxygens (including phenoxy) is 1. The first-order chi connectivity index (χ1) is 10.9. The molecule has 0 atom stereocenters. The summed E-state index contributed by atoms with van der Waals surface area (Å²) in [6.07, 6.45) is 0. The van der Waals surface area contributed by atoms with Crippen LogP contribution in [0, 0.1) is 13.8 Å². The van der Waals surface area contributed by atoms with Gasteiger partial charge in [-0.3, -0.25) is 4.79 Å². The van der Waals surface area contributed by atoms with Gasteiger partial charge in [-0.15, -0.1) is 5.11 Å². The van der Waals surface area contributed by atoms with Gasteiger partial charge in [-0.2, -0.15) is 5.11 Å². The number of nitrogens with one attached hydrogen (secondary N) is 1. The molecule has 0 radical (unpaired) electrons. The summed E-state index contributed by atoms with van der Waals surface area (Å²) in [7, 11) is 1.56. The third-order valence-corrected chi connectivity index (χ3v) is 3.30. The van der Waals surface area contributed by atoms with Crippen LogP contribution in [0.1, 0.15) is 18.1 Å². The van der Waals surface area contributed by atoms with Crippen LogP contribution in [-0.2, 0) is 4.79 Å². The smallest absolute Gasteiger partial charge is 0.221 e. The molecule has 0 unspecified atom stereocenters. The van der Waals surface area contributed by atoms with Gasteiger partial charge in [0.05, 0.1) is 12.8 Å². The number of nitrogens with zero attached hydrogens (tertiary/aromatic N) is 2. The lowest BCUT2D eigenvalue weighted by atomic mass is 10.1. The lowest BCUT2D eigenvalue weighted by molar-refractivity contribution is -0.114. The van der Waals surface area contributed by atoms with Crippen LogP contribution in [0.3, 0.4) is 0 Å². The van der Waals surface area contributed by atoms with E-state index in [4.69, 9.17) is 10.5 Å². The monoisotopic (exact) mass is 312 g/mol. The van der Waals surface area contributed by atoms with Crippen LogP contribution in [0.15, 0.2) is 40.6 Å². The van der Waals surface area contributed by atoms with Crippen molar-refractivity contribution in [1.29, 1.82) is 0 Å². The number of carbonyl (C=O) groups is 1. The molecule has 6 nitrogen and oxygen atoms in total. The van der Waals surface area contributed by atoms with E-state index in [0.717, 1.165) is 16.8 Å². The van der Waals surface area contributed by atoms with Gasteiger partial charge in [0.2, 0.25) is 5.91 Å². The maximum atomic E-state index is 11.2. The molecule has 6 heteroatoms. The van der Waals surface area contributed by atoms with E-state index in [2.05, 4.69) is 15.5 Å². The Balaban J connectivity index is 2.32. The fourth-order valence-electron chi connectivity index (χ4n) is 2.26. The zero-order chi connectivity index (χ0) is 17.0. The Labute approximate surface area is 135 Å². The quantitative estimate of drug-likeness (QED) is 0.652. The molecule has 0 saturated carbocycles. The highest BCUT2D eigenvalue weighted by Gasteiger charge is 2.07. The van der Waals surface area contributed by atoms with Gasteiger partial charge in [-0.1, -0.05) is 0 Å². The second kappa shape index (κ2) is 6.91. The van der Waals surface area contributed by atoms with E-state index < -0.39 is 0 Å². The van der Waals surface area contributed by atoms with Crippen LogP contribution in [0.2, 0.25) is 0 Å². The molecule has 0 fully saturated rings. The number of anilines is 2. The predicted molar refractivity (Wildman–Crippen MR) is 91.8 cm³/mol. The number of azo groups is 1. The van der Waals surface area contributed by atoms with Gasteiger partial charge in [0.1, 0.15) is 11.4 Å². The van der Waals surface area contributed by atoms with Gasteiger partial charge in [-0.05, 0) is 49.2 Å². The molecule has 0 aromatic heterocycles. The highest BCUT2D eigenvalue weighted by Crippen LogP contribution is 2.32. The number of amides is 1. The predicted octanol–water partition coefficient (Wildman–Crippen LogP) is 4.27. The summed E-state index contributed by atoms with van der Waals surface area (Å²) in [5.74, 6) is 0.467. The molecule has 0 spiro atoms. The molecule has 3 N–H and O–H groups in total. The molecule has 0 aliphatic heterocycles. The Bertz CT molecular complexity index is 746. The summed E-state index contributed by atoms with van der Waals surface area (Å²) in [6, 6.07) is 8.93. The Morgan fingerprint density at radius 3 is 2.35 bits per heavy atom. The molecule has 2 aromatic carbocycles. The number of benzene rings is 2. The molecule has 0 heterocycles. The third kappa shape index (κ3) is 4.06. The normalized spacial score (nSPS) is 10.8. The molecule has 2 aromatic rings. The van der Waals surface area contributed by atoms with E-state index in [0.29, 0.717) is 22.8 Å². The number of hydrogen-bond donors (Lipinski definition) is 2. The Morgan fingerprint density at radius 1 is 1.13 bits per heavy atom. The molecule has 0 saturated heterocycles. The Hall–Kier alpha value is -2.89. The van der Waals surface area contributed by atoms with Crippen molar-refractivity contribution < 1.29 is 9.53 Å². The molecule has 0 aliphatic carbocycles. The number of nitrogens with two attached hydrogens (primary N) is 1. The van der Waals surface area contributed by atoms with Crippen molar-refractivity contribution in [3.05, 3.63) is 41.5 Å². The van der Waals surface area contributed by atoms with Crippen molar-refractivity contribution in [2.24, 2.45) is 10.2 Å². The second-order valence-electron chi connectivity index (χ2n) is 5.27. The van der Waals surface area contributed by atoms with Gasteiger partial charge in [0, 0.05) is 24.4 Å². The number of hydrogen-bond acceptors (Lipinski definition) is 5. The average Bonchev–Trinajstić information content (AvgIpc) is 2.49. The fraction of sp³-hybridized carbons (Fsp3) is 0.235. The minimum absolute atomic E-state index is 0.0998. The van der Waals surface area contributed by atoms with Crippen LogP contribution in [0.25, 0.3) is 0 Å². The van der Waals surface area contributed by atoms with Crippen LogP contribution in [0.4, 0.5) is 22.7 Å². The van der Waals surface area contributed by atoms with E-state index in [9.17, 15) is 4.79 Å². The van der Waals surface area contributed by atoms with Gasteiger partial charge in [-0.25, -0.2) is 0 Å². The Kier molecular flexibility index (Phi) is 4.95. The standard InChI is InChI=1S/C17H20N4O2/c1-10-7-14(8-11(2)17(10)19-12(3)22)20-21-15-6-5-13(18)9-16(15)23-4/h5-9H,18H2,1-4H3,(H,19,22)/b21-20+. The molecule has 2 rings (SSSR count). The first kappa shape index (κ1) is 16.5. The molecule has 1 amide bonds. The van der Waals surface area contributed by atoms with Gasteiger partial charge >= 0.3 is 0 Å². The number of nitrogen functional groups attached to an aromatic ring is 1. The number of rotatable bonds is 4. The number of aryl methyl sites for hydroxylation is 2. The van der Waals surface area contributed by atoms with E-state index in [1.54, 1.807) is 25.3 Å². The Morgan fingerprint density at radius 2 is 1.78 bits per heavy atom. The van der Waals surface area contributed by atoms with E-state index in [1.807, 2.05) is 26.0 Å². The van der Waals surface area contributed by atoms with Crippen molar-refractivity contribution in [2.75, 3.05) is 18.2 Å². The van der Waals surface area contributed by atoms with Crippen LogP contribution < -0.4 is 15.8 Å². The lowest BCUT2D eigenvalue weighted by Gasteiger charge is -2.11. The molecular formula is C17H20N4O2. The summed E-state index contributed by atoms with van der Waals surface area (Å²) in [5.41, 5.74) is 10.3. The van der Waals surface area contributed by atoms with Gasteiger partial charge < -0.3 is 15.8 Å². The highest BCUT2D eigenvalue weighted by molar-refractivity contribution is 5.90. The van der Waals surface area contributed by atoms with E-state index in [-0.39, 0.29) is 5.91 Å². The van der Waals surface area contributed by atoms with Gasteiger partial charge in [0.25, 0.3) is 0 Å². The van der Waals surface area contributed by atoms with Crippen molar-refractivity contribution in [1.82, 2.24) is 0 Å². The highest BCUT2D eigenvalue weighted by atomic mass is 16.5. The van der Waals surface area contributed by atoms with Crippen molar-refractivity contribution in [3.63, 3.8) is 0 Å². The minimum atomic E-state index is -0.0998. The first-order valence-corrected chi connectivity index (χ1v) is 7.15. The summed E-state index contributed by atoms with van der Waals surface area (Å²) in [4.78, 5) is 11.2. The summed E-state index contributed by atoms with van der Waals surface area (Å²) in [5, 5.41) is 11.3. The zero-order valence-corrected chi connectivity index (χ0v) is 13.7. The summed E-state index contributed by atoms with van der Waals surface area (Å²) >= 11 is 0. The van der Waals surface area contributed by atoms with Gasteiger partial charge in [0.15, 0.2) is 0 Å². The van der Waals surface area contributed by atoms with E-state index >= 15 is 0 Å². The second-order valence-corrected chi connectivity index (χ2v) is 5.27. The van der Waals surface area contributed by atoms with Crippen molar-refractivity contribution in [3.8, 4) is 5.75 Å². The molecule has 23 heavy (non-hydrogen) atoms. The largest absolute Gasteiger partial charge is 0.494 e. The van der Waals surface area contributed by atoms with Crippen LogP contribution >= 0.6 is 0 Å². The van der Waals surface area contributed by atoms with Crippen LogP contribution in [0.5, 0.6) is 5.75 Å².